The number of rotatable bonds is 3. The lowest BCUT2D eigenvalue weighted by Crippen LogP contribution is -2.59. The summed E-state index contributed by atoms with van der Waals surface area (Å²) in [7, 11) is 0. The highest BCUT2D eigenvalue weighted by molar-refractivity contribution is 7.12. The summed E-state index contributed by atoms with van der Waals surface area (Å²) in [6.45, 7) is 2.96. The SMILES string of the molecule is Clc1ccc2c(c1)[C@H]1CC(c3cccs3)=NN1C1(CCN(Cc3ccccc3)CC1)O2. The van der Waals surface area contributed by atoms with Crippen LogP contribution in [0.3, 0.4) is 0 Å². The predicted molar refractivity (Wildman–Crippen MR) is 126 cm³/mol. The van der Waals surface area contributed by atoms with Gasteiger partial charge in [0.05, 0.1) is 16.6 Å². The zero-order valence-electron chi connectivity index (χ0n) is 17.2. The van der Waals surface area contributed by atoms with Gasteiger partial charge in [0.15, 0.2) is 0 Å². The topological polar surface area (TPSA) is 28.1 Å². The molecule has 158 valence electrons. The van der Waals surface area contributed by atoms with E-state index in [-0.39, 0.29) is 6.04 Å². The van der Waals surface area contributed by atoms with Crippen LogP contribution in [0.15, 0.2) is 71.1 Å². The second-order valence-electron chi connectivity index (χ2n) is 8.58. The van der Waals surface area contributed by atoms with Crippen LogP contribution in [0.1, 0.15) is 41.3 Å². The van der Waals surface area contributed by atoms with E-state index < -0.39 is 5.72 Å². The molecule has 6 rings (SSSR count). The number of hydrazone groups is 1. The number of fused-ring (bicyclic) bond motifs is 4. The molecule has 0 aliphatic carbocycles. The first-order valence-corrected chi connectivity index (χ1v) is 12.1. The van der Waals surface area contributed by atoms with Crippen molar-refractivity contribution in [2.24, 2.45) is 5.10 Å². The summed E-state index contributed by atoms with van der Waals surface area (Å²) in [6, 6.07) is 21.2. The fourth-order valence-electron chi connectivity index (χ4n) is 5.08. The van der Waals surface area contributed by atoms with E-state index in [4.69, 9.17) is 21.4 Å². The van der Waals surface area contributed by atoms with Gasteiger partial charge in [-0.1, -0.05) is 48.0 Å². The van der Waals surface area contributed by atoms with E-state index in [1.54, 1.807) is 11.3 Å². The summed E-state index contributed by atoms with van der Waals surface area (Å²) in [6.07, 6.45) is 2.76. The smallest absolute Gasteiger partial charge is 0.200 e. The van der Waals surface area contributed by atoms with Crippen LogP contribution in [0.2, 0.25) is 5.02 Å². The number of benzene rings is 2. The average Bonchev–Trinajstić information content (AvgIpc) is 3.47. The van der Waals surface area contributed by atoms with E-state index in [9.17, 15) is 0 Å². The molecule has 6 heteroatoms. The summed E-state index contributed by atoms with van der Waals surface area (Å²) >= 11 is 8.11. The lowest BCUT2D eigenvalue weighted by atomic mass is 9.91. The Morgan fingerprint density at radius 3 is 2.68 bits per heavy atom. The zero-order chi connectivity index (χ0) is 20.8. The summed E-state index contributed by atoms with van der Waals surface area (Å²) in [5.74, 6) is 0.963. The Bertz CT molecular complexity index is 1110. The Morgan fingerprint density at radius 1 is 1.06 bits per heavy atom. The summed E-state index contributed by atoms with van der Waals surface area (Å²) in [4.78, 5) is 3.77. The molecule has 4 heterocycles. The van der Waals surface area contributed by atoms with Gasteiger partial charge in [0.2, 0.25) is 5.72 Å². The highest BCUT2D eigenvalue weighted by Crippen LogP contribution is 2.50. The Morgan fingerprint density at radius 2 is 1.90 bits per heavy atom. The van der Waals surface area contributed by atoms with Gasteiger partial charge in [0, 0.05) is 49.5 Å². The minimum Gasteiger partial charge on any atom is -0.466 e. The molecular weight excluding hydrogens is 426 g/mol. The molecule has 3 aliphatic rings. The molecule has 0 unspecified atom stereocenters. The molecule has 2 aromatic carbocycles. The third-order valence-corrected chi connectivity index (χ3v) is 7.80. The maximum Gasteiger partial charge on any atom is 0.200 e. The summed E-state index contributed by atoms with van der Waals surface area (Å²) in [5, 5.41) is 10.3. The van der Waals surface area contributed by atoms with Gasteiger partial charge in [-0.15, -0.1) is 11.3 Å². The second-order valence-corrected chi connectivity index (χ2v) is 9.96. The van der Waals surface area contributed by atoms with Gasteiger partial charge in [0.1, 0.15) is 5.75 Å². The van der Waals surface area contributed by atoms with Gasteiger partial charge in [-0.3, -0.25) is 4.90 Å². The maximum absolute atomic E-state index is 6.73. The van der Waals surface area contributed by atoms with Crippen LogP contribution in [-0.4, -0.2) is 34.4 Å². The molecule has 31 heavy (non-hydrogen) atoms. The monoisotopic (exact) mass is 449 g/mol. The molecule has 0 N–H and O–H groups in total. The van der Waals surface area contributed by atoms with Crippen LogP contribution < -0.4 is 4.74 Å². The summed E-state index contributed by atoms with van der Waals surface area (Å²) < 4.78 is 6.73. The Labute approximate surface area is 191 Å². The molecule has 3 aromatic rings. The Kier molecular flexibility index (Phi) is 4.78. The highest BCUT2D eigenvalue weighted by Gasteiger charge is 2.51. The third kappa shape index (κ3) is 3.45. The number of hydrogen-bond acceptors (Lipinski definition) is 5. The normalized spacial score (nSPS) is 22.0. The zero-order valence-corrected chi connectivity index (χ0v) is 18.8. The average molecular weight is 450 g/mol. The lowest BCUT2D eigenvalue weighted by molar-refractivity contribution is -0.150. The first-order valence-electron chi connectivity index (χ1n) is 10.9. The van der Waals surface area contributed by atoms with Gasteiger partial charge < -0.3 is 4.74 Å². The molecule has 1 fully saturated rings. The first-order chi connectivity index (χ1) is 15.2. The second kappa shape index (κ2) is 7.66. The van der Waals surface area contributed by atoms with Gasteiger partial charge in [-0.25, -0.2) is 5.01 Å². The standard InChI is InChI=1S/C25H24ClN3OS/c26-19-8-9-23-20(15-19)22-16-21(24-7-4-14-31-24)27-29(22)25(30-23)10-12-28(13-11-25)17-18-5-2-1-3-6-18/h1-9,14-15,22H,10-13,16-17H2/t22-/m1/s1. The molecule has 1 spiro atoms. The van der Waals surface area contributed by atoms with Crippen molar-refractivity contribution >= 4 is 28.6 Å². The highest BCUT2D eigenvalue weighted by atomic mass is 35.5. The number of nitrogens with zero attached hydrogens (tertiary/aromatic N) is 3. The van der Waals surface area contributed by atoms with E-state index in [0.717, 1.165) is 60.9 Å². The number of halogens is 1. The fraction of sp³-hybridized carbons (Fsp3) is 0.320. The number of hydrogen-bond donors (Lipinski definition) is 0. The van der Waals surface area contributed by atoms with Gasteiger partial charge in [-0.2, -0.15) is 5.10 Å². The maximum atomic E-state index is 6.73. The van der Waals surface area contributed by atoms with Crippen molar-refractivity contribution in [1.82, 2.24) is 9.91 Å². The van der Waals surface area contributed by atoms with Gasteiger partial charge in [-0.05, 0) is 35.2 Å². The van der Waals surface area contributed by atoms with Crippen LogP contribution in [0, 0.1) is 0 Å². The largest absolute Gasteiger partial charge is 0.466 e. The minimum atomic E-state index is -0.391. The minimum absolute atomic E-state index is 0.181. The van der Waals surface area contributed by atoms with E-state index >= 15 is 0 Å². The van der Waals surface area contributed by atoms with Crippen molar-refractivity contribution in [3.8, 4) is 5.75 Å². The predicted octanol–water partition coefficient (Wildman–Crippen LogP) is 5.94. The van der Waals surface area contributed by atoms with Crippen molar-refractivity contribution in [2.75, 3.05) is 13.1 Å². The Balaban J connectivity index is 1.30. The molecule has 1 aromatic heterocycles. The molecule has 1 saturated heterocycles. The van der Waals surface area contributed by atoms with Crippen molar-refractivity contribution in [2.45, 2.75) is 37.6 Å². The molecule has 0 radical (unpaired) electrons. The molecule has 3 aliphatic heterocycles. The van der Waals surface area contributed by atoms with Crippen LogP contribution in [0.25, 0.3) is 0 Å². The molecule has 4 nitrogen and oxygen atoms in total. The molecule has 1 atom stereocenters. The Hall–Kier alpha value is -2.34. The number of likely N-dealkylation sites (tertiary alicyclic amines) is 1. The third-order valence-electron chi connectivity index (χ3n) is 6.65. The van der Waals surface area contributed by atoms with Crippen LogP contribution >= 0.6 is 22.9 Å². The van der Waals surface area contributed by atoms with Crippen molar-refractivity contribution in [3.05, 3.63) is 87.1 Å². The van der Waals surface area contributed by atoms with Crippen molar-refractivity contribution < 1.29 is 4.74 Å². The van der Waals surface area contributed by atoms with Gasteiger partial charge >= 0.3 is 0 Å². The molecule has 0 bridgehead atoms. The van der Waals surface area contributed by atoms with E-state index in [1.807, 2.05) is 12.1 Å². The van der Waals surface area contributed by atoms with Crippen LogP contribution in [0.5, 0.6) is 5.75 Å². The quantitative estimate of drug-likeness (QED) is 0.495. The van der Waals surface area contributed by atoms with Crippen LogP contribution in [-0.2, 0) is 6.54 Å². The molecule has 0 amide bonds. The van der Waals surface area contributed by atoms with E-state index in [0.29, 0.717) is 0 Å². The first kappa shape index (κ1) is 19.4. The molecular formula is C25H24ClN3OS. The number of piperidine rings is 1. The number of ether oxygens (including phenoxy) is 1. The summed E-state index contributed by atoms with van der Waals surface area (Å²) in [5.41, 5.74) is 3.28. The van der Waals surface area contributed by atoms with E-state index in [1.165, 1.54) is 10.4 Å². The van der Waals surface area contributed by atoms with Crippen molar-refractivity contribution in [3.63, 3.8) is 0 Å². The fourth-order valence-corrected chi connectivity index (χ4v) is 5.98. The van der Waals surface area contributed by atoms with Crippen LogP contribution in [0.4, 0.5) is 0 Å². The lowest BCUT2D eigenvalue weighted by Gasteiger charge is -2.51. The molecule has 0 saturated carbocycles. The number of thiophene rings is 1. The van der Waals surface area contributed by atoms with E-state index in [2.05, 4.69) is 63.8 Å². The van der Waals surface area contributed by atoms with Crippen molar-refractivity contribution in [1.29, 1.82) is 0 Å². The van der Waals surface area contributed by atoms with Gasteiger partial charge in [0.25, 0.3) is 0 Å².